The predicted octanol–water partition coefficient (Wildman–Crippen LogP) is 3.73. The second-order valence-corrected chi connectivity index (χ2v) is 8.35. The van der Waals surface area contributed by atoms with Crippen LogP contribution < -0.4 is 11.1 Å². The third-order valence-corrected chi connectivity index (χ3v) is 5.81. The van der Waals surface area contributed by atoms with E-state index in [1.165, 1.54) is 11.1 Å². The molecule has 0 bridgehead atoms. The first-order valence-electron chi connectivity index (χ1n) is 9.40. The maximum absolute atomic E-state index is 13.1. The van der Waals surface area contributed by atoms with Crippen LogP contribution in [0.2, 0.25) is 0 Å². The number of ether oxygens (including phenoxy) is 1. The highest BCUT2D eigenvalue weighted by Gasteiger charge is 2.63. The molecule has 0 spiro atoms. The molecule has 2 rings (SSSR count). The lowest BCUT2D eigenvalue weighted by molar-refractivity contribution is -0.171. The molecule has 1 aromatic rings. The zero-order valence-corrected chi connectivity index (χ0v) is 16.6. The first-order chi connectivity index (χ1) is 11.6. The number of benzene rings is 1. The zero-order chi connectivity index (χ0) is 18.8. The highest BCUT2D eigenvalue weighted by molar-refractivity contribution is 5.89. The van der Waals surface area contributed by atoms with Gasteiger partial charge in [-0.3, -0.25) is 4.79 Å². The lowest BCUT2D eigenvalue weighted by atomic mass is 9.54. The van der Waals surface area contributed by atoms with E-state index in [1.807, 2.05) is 32.9 Å². The van der Waals surface area contributed by atoms with Gasteiger partial charge in [-0.15, -0.1) is 0 Å². The summed E-state index contributed by atoms with van der Waals surface area (Å²) in [4.78, 5) is 13.1. The van der Waals surface area contributed by atoms with Gasteiger partial charge in [-0.25, -0.2) is 0 Å². The molecule has 4 nitrogen and oxygen atoms in total. The zero-order valence-electron chi connectivity index (χ0n) is 16.6. The van der Waals surface area contributed by atoms with Gasteiger partial charge in [-0.1, -0.05) is 52.0 Å². The van der Waals surface area contributed by atoms with Crippen LogP contribution in [0.4, 0.5) is 0 Å². The predicted molar refractivity (Wildman–Crippen MR) is 102 cm³/mol. The molecule has 1 aliphatic rings. The van der Waals surface area contributed by atoms with Crippen LogP contribution >= 0.6 is 0 Å². The summed E-state index contributed by atoms with van der Waals surface area (Å²) in [7, 11) is 0. The quantitative estimate of drug-likeness (QED) is 0.790. The van der Waals surface area contributed by atoms with Gasteiger partial charge in [0, 0.05) is 18.4 Å². The summed E-state index contributed by atoms with van der Waals surface area (Å²) in [5, 5.41) is 3.25. The highest BCUT2D eigenvalue weighted by Crippen LogP contribution is 2.50. The first-order valence-corrected chi connectivity index (χ1v) is 9.40. The smallest absolute Gasteiger partial charge is 0.241 e. The minimum atomic E-state index is -0.884. The summed E-state index contributed by atoms with van der Waals surface area (Å²) in [6, 6.07) is 8.22. The highest BCUT2D eigenvalue weighted by atomic mass is 16.5. The molecule has 25 heavy (non-hydrogen) atoms. The Bertz CT molecular complexity index is 612. The Kier molecular flexibility index (Phi) is 5.95. The number of amides is 1. The number of carbonyl (C=O) groups excluding carboxylic acids is 1. The Morgan fingerprint density at radius 3 is 2.52 bits per heavy atom. The molecule has 0 aromatic heterocycles. The largest absolute Gasteiger partial charge is 0.378 e. The summed E-state index contributed by atoms with van der Waals surface area (Å²) in [5.74, 6) is 0.409. The number of rotatable bonds is 7. The molecule has 140 valence electrons. The molecule has 3 N–H and O–H groups in total. The van der Waals surface area contributed by atoms with Crippen molar-refractivity contribution in [3.05, 3.63) is 35.4 Å². The second kappa shape index (κ2) is 7.46. The molecule has 0 aliphatic heterocycles. The molecule has 0 saturated heterocycles. The van der Waals surface area contributed by atoms with Crippen molar-refractivity contribution in [3.8, 4) is 0 Å². The van der Waals surface area contributed by atoms with Crippen molar-refractivity contribution in [1.29, 1.82) is 0 Å². The summed E-state index contributed by atoms with van der Waals surface area (Å²) in [6.07, 6.45) is 1.50. The average molecular weight is 347 g/mol. The second-order valence-electron chi connectivity index (χ2n) is 8.35. The number of hydrogen-bond donors (Lipinski definition) is 2. The monoisotopic (exact) mass is 346 g/mol. The van der Waals surface area contributed by atoms with Crippen LogP contribution in [0.3, 0.4) is 0 Å². The van der Waals surface area contributed by atoms with E-state index in [4.69, 9.17) is 10.5 Å². The van der Waals surface area contributed by atoms with E-state index in [2.05, 4.69) is 38.2 Å². The molecule has 4 heteroatoms. The van der Waals surface area contributed by atoms with Crippen LogP contribution in [0.25, 0.3) is 0 Å². The van der Waals surface area contributed by atoms with Crippen LogP contribution in [0.5, 0.6) is 0 Å². The Labute approximate surface area is 152 Å². The average Bonchev–Trinajstić information content (AvgIpc) is 2.53. The minimum absolute atomic E-state index is 0.0175. The topological polar surface area (TPSA) is 64.3 Å². The van der Waals surface area contributed by atoms with E-state index in [0.29, 0.717) is 18.9 Å². The van der Waals surface area contributed by atoms with Crippen LogP contribution in [-0.4, -0.2) is 24.2 Å². The number of nitrogens with two attached hydrogens (primary N) is 1. The van der Waals surface area contributed by atoms with Gasteiger partial charge in [0.1, 0.15) is 5.54 Å². The van der Waals surface area contributed by atoms with Gasteiger partial charge in [0.15, 0.2) is 0 Å². The Hall–Kier alpha value is -1.39. The summed E-state index contributed by atoms with van der Waals surface area (Å²) in [6.45, 7) is 13.1. The van der Waals surface area contributed by atoms with E-state index < -0.39 is 5.54 Å². The number of hydrogen-bond acceptors (Lipinski definition) is 3. The van der Waals surface area contributed by atoms with Crippen LogP contribution in [0.15, 0.2) is 24.3 Å². The van der Waals surface area contributed by atoms with Gasteiger partial charge >= 0.3 is 0 Å². The molecule has 1 fully saturated rings. The Morgan fingerprint density at radius 2 is 2.00 bits per heavy atom. The van der Waals surface area contributed by atoms with Crippen molar-refractivity contribution in [1.82, 2.24) is 5.32 Å². The van der Waals surface area contributed by atoms with Gasteiger partial charge in [0.2, 0.25) is 5.91 Å². The molecule has 1 aromatic carbocycles. The Balaban J connectivity index is 2.19. The number of carbonyl (C=O) groups is 1. The van der Waals surface area contributed by atoms with E-state index in [1.54, 1.807) is 0 Å². The fourth-order valence-electron chi connectivity index (χ4n) is 3.82. The van der Waals surface area contributed by atoms with E-state index in [9.17, 15) is 4.79 Å². The molecule has 0 radical (unpaired) electrons. The molecule has 3 unspecified atom stereocenters. The van der Waals surface area contributed by atoms with Crippen molar-refractivity contribution in [3.63, 3.8) is 0 Å². The van der Waals surface area contributed by atoms with Crippen molar-refractivity contribution < 1.29 is 9.53 Å². The summed E-state index contributed by atoms with van der Waals surface area (Å²) in [5.41, 5.74) is 7.66. The molecule has 3 atom stereocenters. The maximum Gasteiger partial charge on any atom is 0.241 e. The van der Waals surface area contributed by atoms with Gasteiger partial charge in [0.05, 0.1) is 12.1 Å². The van der Waals surface area contributed by atoms with Gasteiger partial charge in [-0.05, 0) is 37.3 Å². The molecular weight excluding hydrogens is 312 g/mol. The van der Waals surface area contributed by atoms with Crippen LogP contribution in [0, 0.1) is 18.3 Å². The van der Waals surface area contributed by atoms with E-state index >= 15 is 0 Å². The maximum atomic E-state index is 13.1. The third-order valence-electron chi connectivity index (χ3n) is 5.81. The SMILES string of the molecule is CCOC1CC(N)(C(=O)NC(CC(C)C)c2ccccc2C)C1(C)C. The standard InChI is InChI=1S/C21H34N2O2/c1-7-25-18-13-21(22,20(18,5)6)19(24)23-17(12-14(2)3)16-11-9-8-10-15(16)4/h8-11,14,17-18H,7,12-13,22H2,1-6H3,(H,23,24). The molecule has 1 saturated carbocycles. The summed E-state index contributed by atoms with van der Waals surface area (Å²) < 4.78 is 5.75. The van der Waals surface area contributed by atoms with Crippen molar-refractivity contribution in [2.45, 2.75) is 72.1 Å². The third kappa shape index (κ3) is 3.75. The van der Waals surface area contributed by atoms with E-state index in [-0.39, 0.29) is 23.5 Å². The first kappa shape index (κ1) is 19.9. The minimum Gasteiger partial charge on any atom is -0.378 e. The molecule has 0 heterocycles. The number of nitrogens with one attached hydrogen (secondary N) is 1. The van der Waals surface area contributed by atoms with Gasteiger partial charge < -0.3 is 15.8 Å². The van der Waals surface area contributed by atoms with Gasteiger partial charge in [-0.2, -0.15) is 0 Å². The molecule has 1 aliphatic carbocycles. The summed E-state index contributed by atoms with van der Waals surface area (Å²) >= 11 is 0. The molecular formula is C21H34N2O2. The van der Waals surface area contributed by atoms with Crippen LogP contribution in [-0.2, 0) is 9.53 Å². The van der Waals surface area contributed by atoms with E-state index in [0.717, 1.165) is 6.42 Å². The lowest BCUT2D eigenvalue weighted by Crippen LogP contribution is -2.75. The normalized spacial score (nSPS) is 26.2. The van der Waals surface area contributed by atoms with Crippen molar-refractivity contribution >= 4 is 5.91 Å². The van der Waals surface area contributed by atoms with Crippen LogP contribution in [0.1, 0.15) is 64.6 Å². The Morgan fingerprint density at radius 1 is 1.36 bits per heavy atom. The van der Waals surface area contributed by atoms with Gasteiger partial charge in [0.25, 0.3) is 0 Å². The lowest BCUT2D eigenvalue weighted by Gasteiger charge is -2.57. The van der Waals surface area contributed by atoms with Crippen molar-refractivity contribution in [2.24, 2.45) is 17.1 Å². The number of aryl methyl sites for hydroxylation is 1. The fraction of sp³-hybridized carbons (Fsp3) is 0.667. The molecule has 1 amide bonds. The van der Waals surface area contributed by atoms with Crippen molar-refractivity contribution in [2.75, 3.05) is 6.61 Å². The fourth-order valence-corrected chi connectivity index (χ4v) is 3.82.